The summed E-state index contributed by atoms with van der Waals surface area (Å²) in [5.74, 6) is -0.387. The summed E-state index contributed by atoms with van der Waals surface area (Å²) in [5, 5.41) is 0. The van der Waals surface area contributed by atoms with E-state index in [2.05, 4.69) is 0 Å². The maximum atomic E-state index is 12.6. The van der Waals surface area contributed by atoms with Crippen molar-refractivity contribution in [3.8, 4) is 0 Å². The third-order valence-electron chi connectivity index (χ3n) is 3.50. The first kappa shape index (κ1) is 18.2. The fourth-order valence-corrected chi connectivity index (χ4v) is 2.03. The van der Waals surface area contributed by atoms with E-state index in [0.29, 0.717) is 31.9 Å². The summed E-state index contributed by atoms with van der Waals surface area (Å²) in [6.45, 7) is 7.30. The van der Waals surface area contributed by atoms with Crippen molar-refractivity contribution in [1.29, 1.82) is 0 Å². The van der Waals surface area contributed by atoms with Crippen LogP contribution < -0.4 is 0 Å². The molecule has 22 heavy (non-hydrogen) atoms. The first-order valence-electron chi connectivity index (χ1n) is 7.50. The van der Waals surface area contributed by atoms with Crippen molar-refractivity contribution in [2.75, 3.05) is 33.4 Å². The van der Waals surface area contributed by atoms with Crippen LogP contribution in [0.25, 0.3) is 0 Å². The predicted octanol–water partition coefficient (Wildman–Crippen LogP) is 2.35. The summed E-state index contributed by atoms with van der Waals surface area (Å²) in [6.07, 6.45) is 0.189. The predicted molar refractivity (Wildman–Crippen MR) is 84.9 cm³/mol. The van der Waals surface area contributed by atoms with Crippen molar-refractivity contribution in [1.82, 2.24) is 4.90 Å². The van der Waals surface area contributed by atoms with Gasteiger partial charge in [-0.3, -0.25) is 9.59 Å². The lowest BCUT2D eigenvalue weighted by molar-refractivity contribution is -0.143. The van der Waals surface area contributed by atoms with Crippen LogP contribution >= 0.6 is 0 Å². The van der Waals surface area contributed by atoms with Gasteiger partial charge in [-0.2, -0.15) is 0 Å². The molecule has 0 aliphatic rings. The van der Waals surface area contributed by atoms with E-state index in [9.17, 15) is 9.59 Å². The molecule has 0 saturated carbocycles. The molecule has 5 heteroatoms. The molecule has 0 spiro atoms. The smallest absolute Gasteiger partial charge is 0.307 e. The second-order valence-electron chi connectivity index (χ2n) is 5.14. The molecule has 0 fully saturated rings. The Labute approximate surface area is 132 Å². The Kier molecular flexibility index (Phi) is 7.60. The summed E-state index contributed by atoms with van der Waals surface area (Å²) in [6, 6.07) is 5.62. The van der Waals surface area contributed by atoms with Crippen LogP contribution in [0, 0.1) is 13.8 Å². The lowest BCUT2D eigenvalue weighted by Crippen LogP contribution is -2.36. The van der Waals surface area contributed by atoms with Gasteiger partial charge in [0.2, 0.25) is 0 Å². The van der Waals surface area contributed by atoms with Crippen LogP contribution in [0.3, 0.4) is 0 Å². The van der Waals surface area contributed by atoms with E-state index in [1.54, 1.807) is 18.9 Å². The quantitative estimate of drug-likeness (QED) is 0.692. The van der Waals surface area contributed by atoms with Crippen LogP contribution in [0.2, 0.25) is 0 Å². The highest BCUT2D eigenvalue weighted by molar-refractivity contribution is 5.94. The molecule has 0 aromatic heterocycles. The van der Waals surface area contributed by atoms with E-state index in [1.165, 1.54) is 0 Å². The zero-order valence-electron chi connectivity index (χ0n) is 13.8. The maximum absolute atomic E-state index is 12.6. The highest BCUT2D eigenvalue weighted by Crippen LogP contribution is 2.12. The molecule has 0 saturated heterocycles. The average molecular weight is 307 g/mol. The van der Waals surface area contributed by atoms with Gasteiger partial charge in [0, 0.05) is 25.8 Å². The first-order chi connectivity index (χ1) is 10.5. The number of esters is 1. The molecule has 1 rings (SSSR count). The Bertz CT molecular complexity index is 513. The van der Waals surface area contributed by atoms with Gasteiger partial charge >= 0.3 is 5.97 Å². The normalized spacial score (nSPS) is 10.4. The molecule has 0 atom stereocenters. The van der Waals surface area contributed by atoms with E-state index < -0.39 is 0 Å². The summed E-state index contributed by atoms with van der Waals surface area (Å²) < 4.78 is 9.95. The molecule has 1 amide bonds. The van der Waals surface area contributed by atoms with Gasteiger partial charge < -0.3 is 14.4 Å². The van der Waals surface area contributed by atoms with Gasteiger partial charge in [-0.25, -0.2) is 0 Å². The minimum Gasteiger partial charge on any atom is -0.466 e. The fraction of sp³-hybridized carbons (Fsp3) is 0.529. The van der Waals surface area contributed by atoms with Gasteiger partial charge in [0.15, 0.2) is 0 Å². The van der Waals surface area contributed by atoms with Crippen LogP contribution in [0.5, 0.6) is 0 Å². The molecule has 0 aliphatic carbocycles. The average Bonchev–Trinajstić information content (AvgIpc) is 2.50. The number of hydrogen-bond donors (Lipinski definition) is 0. The van der Waals surface area contributed by atoms with Gasteiger partial charge in [0.25, 0.3) is 5.91 Å². The Hall–Kier alpha value is -1.88. The van der Waals surface area contributed by atoms with Crippen molar-refractivity contribution < 1.29 is 19.1 Å². The molecule has 0 N–H and O–H groups in total. The highest BCUT2D eigenvalue weighted by atomic mass is 16.5. The minimum absolute atomic E-state index is 0.0931. The molecular formula is C17H25NO4. The van der Waals surface area contributed by atoms with Crippen LogP contribution in [0.15, 0.2) is 18.2 Å². The zero-order chi connectivity index (χ0) is 16.5. The Morgan fingerprint density at radius 1 is 1.14 bits per heavy atom. The third-order valence-corrected chi connectivity index (χ3v) is 3.50. The van der Waals surface area contributed by atoms with Crippen LogP contribution in [0.4, 0.5) is 0 Å². The van der Waals surface area contributed by atoms with E-state index >= 15 is 0 Å². The van der Waals surface area contributed by atoms with E-state index in [4.69, 9.17) is 9.47 Å². The van der Waals surface area contributed by atoms with Gasteiger partial charge in [0.1, 0.15) is 0 Å². The molecule has 1 aromatic rings. The molecule has 122 valence electrons. The van der Waals surface area contributed by atoms with Gasteiger partial charge in [-0.1, -0.05) is 6.07 Å². The molecule has 1 aromatic carbocycles. The first-order valence-corrected chi connectivity index (χ1v) is 7.50. The molecule has 5 nitrogen and oxygen atoms in total. The number of amides is 1. The number of aryl methyl sites for hydroxylation is 2. The number of carbonyl (C=O) groups is 2. The fourth-order valence-electron chi connectivity index (χ4n) is 2.03. The Morgan fingerprint density at radius 3 is 2.45 bits per heavy atom. The van der Waals surface area contributed by atoms with Crippen LogP contribution in [-0.4, -0.2) is 50.2 Å². The zero-order valence-corrected chi connectivity index (χ0v) is 13.8. The molecule has 0 aliphatic heterocycles. The molecule has 0 radical (unpaired) electrons. The monoisotopic (exact) mass is 307 g/mol. The van der Waals surface area contributed by atoms with Crippen molar-refractivity contribution in [2.24, 2.45) is 0 Å². The number of ether oxygens (including phenoxy) is 2. The second-order valence-corrected chi connectivity index (χ2v) is 5.14. The third kappa shape index (κ3) is 5.48. The van der Waals surface area contributed by atoms with Gasteiger partial charge in [0.05, 0.1) is 19.6 Å². The van der Waals surface area contributed by atoms with E-state index in [0.717, 1.165) is 11.1 Å². The van der Waals surface area contributed by atoms with Gasteiger partial charge in [-0.15, -0.1) is 0 Å². The highest BCUT2D eigenvalue weighted by Gasteiger charge is 2.17. The van der Waals surface area contributed by atoms with Gasteiger partial charge in [-0.05, 0) is 44.0 Å². The largest absolute Gasteiger partial charge is 0.466 e. The van der Waals surface area contributed by atoms with E-state index in [1.807, 2.05) is 32.0 Å². The Balaban J connectivity index is 2.78. The SMILES string of the molecule is CCOC(=O)CCN(CCOC)C(=O)c1ccc(C)c(C)c1. The molecular weight excluding hydrogens is 282 g/mol. The standard InChI is InChI=1S/C17H25NO4/c1-5-22-16(19)8-9-18(10-11-21-4)17(20)15-7-6-13(2)14(3)12-15/h6-7,12H,5,8-11H2,1-4H3. The number of rotatable bonds is 8. The summed E-state index contributed by atoms with van der Waals surface area (Å²) in [5.41, 5.74) is 2.84. The summed E-state index contributed by atoms with van der Waals surface area (Å²) >= 11 is 0. The summed E-state index contributed by atoms with van der Waals surface area (Å²) in [7, 11) is 1.59. The number of methoxy groups -OCH3 is 1. The lowest BCUT2D eigenvalue weighted by atomic mass is 10.1. The maximum Gasteiger partial charge on any atom is 0.307 e. The Morgan fingerprint density at radius 2 is 1.86 bits per heavy atom. The molecule has 0 heterocycles. The molecule has 0 bridgehead atoms. The number of nitrogens with zero attached hydrogens (tertiary/aromatic N) is 1. The number of benzene rings is 1. The van der Waals surface area contributed by atoms with Crippen molar-refractivity contribution in [2.45, 2.75) is 27.2 Å². The number of carbonyl (C=O) groups excluding carboxylic acids is 2. The topological polar surface area (TPSA) is 55.8 Å². The minimum atomic E-state index is -0.294. The lowest BCUT2D eigenvalue weighted by Gasteiger charge is -2.22. The van der Waals surface area contributed by atoms with Crippen LogP contribution in [0.1, 0.15) is 34.8 Å². The van der Waals surface area contributed by atoms with Crippen molar-refractivity contribution in [3.05, 3.63) is 34.9 Å². The van der Waals surface area contributed by atoms with Crippen molar-refractivity contribution >= 4 is 11.9 Å². The van der Waals surface area contributed by atoms with Crippen molar-refractivity contribution in [3.63, 3.8) is 0 Å². The molecule has 0 unspecified atom stereocenters. The van der Waals surface area contributed by atoms with E-state index in [-0.39, 0.29) is 18.3 Å². The summed E-state index contributed by atoms with van der Waals surface area (Å²) in [4.78, 5) is 25.7. The van der Waals surface area contributed by atoms with Crippen LogP contribution in [-0.2, 0) is 14.3 Å². The number of hydrogen-bond acceptors (Lipinski definition) is 4. The second kappa shape index (κ2) is 9.20.